The molecule has 3 atom stereocenters. The zero-order valence-electron chi connectivity index (χ0n) is 18.9. The molecule has 0 fully saturated rings. The van der Waals surface area contributed by atoms with Crippen molar-refractivity contribution in [3.8, 4) is 0 Å². The summed E-state index contributed by atoms with van der Waals surface area (Å²) in [6.07, 6.45) is 3.72. The van der Waals surface area contributed by atoms with Gasteiger partial charge in [-0.3, -0.25) is 0 Å². The van der Waals surface area contributed by atoms with Crippen molar-refractivity contribution in [3.05, 3.63) is 89.5 Å². The molecule has 0 aliphatic heterocycles. The van der Waals surface area contributed by atoms with E-state index in [4.69, 9.17) is 0 Å². The molecule has 150 valence electrons. The molecule has 0 nitrogen and oxygen atoms in total. The van der Waals surface area contributed by atoms with Crippen molar-refractivity contribution in [3.63, 3.8) is 0 Å². The van der Waals surface area contributed by atoms with Crippen LogP contribution in [0.5, 0.6) is 0 Å². The van der Waals surface area contributed by atoms with Crippen molar-refractivity contribution < 1.29 is 25.8 Å². The van der Waals surface area contributed by atoms with Gasteiger partial charge in [0.15, 0.2) is 0 Å². The normalized spacial score (nSPS) is 13.1. The molecular weight excluding hydrogens is 369 g/mol. The van der Waals surface area contributed by atoms with Crippen LogP contribution in [0.4, 0.5) is 0 Å². The third kappa shape index (κ3) is 9.92. The van der Waals surface area contributed by atoms with Crippen LogP contribution in [0.25, 0.3) is 0 Å². The van der Waals surface area contributed by atoms with Gasteiger partial charge in [0.2, 0.25) is 0 Å². The molecule has 0 radical (unpaired) electrons. The van der Waals surface area contributed by atoms with E-state index >= 15 is 0 Å². The van der Waals surface area contributed by atoms with Gasteiger partial charge in [0.05, 0.1) is 0 Å². The Morgan fingerprint density at radius 1 is 0.464 bits per heavy atom. The first-order valence-corrected chi connectivity index (χ1v) is 10.7. The van der Waals surface area contributed by atoms with Gasteiger partial charge in [-0.1, -0.05) is 78.6 Å². The predicted octanol–water partition coefficient (Wildman–Crippen LogP) is 8.75. The van der Waals surface area contributed by atoms with E-state index in [-0.39, 0.29) is 25.8 Å². The minimum absolute atomic E-state index is 0. The molecule has 0 N–H and O–H groups in total. The van der Waals surface area contributed by atoms with E-state index < -0.39 is 0 Å². The van der Waals surface area contributed by atoms with Gasteiger partial charge in [-0.05, 0) is 0 Å². The summed E-state index contributed by atoms with van der Waals surface area (Å²) in [6, 6.07) is 25.7. The third-order valence-corrected chi connectivity index (χ3v) is 5.61. The Hall–Kier alpha value is -1.08. The number of rotatable bonds is 6. The number of hydrogen-bond donors (Lipinski definition) is 0. The molecule has 3 aromatic carbocycles. The molecule has 3 aromatic rings. The van der Waals surface area contributed by atoms with E-state index in [1.807, 2.05) is 0 Å². The standard InChI is InChI=1S/3C9H13.Sc/c3*1-3-8(2)9-6-4-5-7-9;/h3*4-8H,3H2,1-2H3;/q3*-1;+3. The van der Waals surface area contributed by atoms with Crippen molar-refractivity contribution in [2.24, 2.45) is 0 Å². The van der Waals surface area contributed by atoms with Crippen LogP contribution in [0.3, 0.4) is 0 Å². The molecule has 3 rings (SSSR count). The van der Waals surface area contributed by atoms with Crippen LogP contribution in [-0.4, -0.2) is 0 Å². The zero-order valence-corrected chi connectivity index (χ0v) is 20.7. The van der Waals surface area contributed by atoms with Crippen LogP contribution in [0, 0.1) is 0 Å². The molecule has 0 amide bonds. The maximum Gasteiger partial charge on any atom is 3.00 e. The molecule has 0 aromatic heterocycles. The molecule has 0 saturated heterocycles. The van der Waals surface area contributed by atoms with Crippen molar-refractivity contribution >= 4 is 0 Å². The van der Waals surface area contributed by atoms with Crippen molar-refractivity contribution in [2.75, 3.05) is 0 Å². The number of hydrogen-bond acceptors (Lipinski definition) is 0. The van der Waals surface area contributed by atoms with Gasteiger partial charge in [0.1, 0.15) is 0 Å². The van der Waals surface area contributed by atoms with Crippen LogP contribution in [0.2, 0.25) is 0 Å². The largest absolute Gasteiger partial charge is 3.00 e. The van der Waals surface area contributed by atoms with Gasteiger partial charge in [-0.2, -0.15) is 53.1 Å². The van der Waals surface area contributed by atoms with E-state index in [1.54, 1.807) is 0 Å². The minimum atomic E-state index is 0. The Morgan fingerprint density at radius 2 is 0.643 bits per heavy atom. The molecule has 0 bridgehead atoms. The quantitative estimate of drug-likeness (QED) is 0.358. The summed E-state index contributed by atoms with van der Waals surface area (Å²) in [7, 11) is 0. The molecule has 0 aliphatic rings. The topological polar surface area (TPSA) is 0 Å². The summed E-state index contributed by atoms with van der Waals surface area (Å²) in [5.74, 6) is 2.21. The van der Waals surface area contributed by atoms with Crippen molar-refractivity contribution in [1.82, 2.24) is 0 Å². The van der Waals surface area contributed by atoms with Crippen molar-refractivity contribution in [2.45, 2.75) is 78.6 Å². The van der Waals surface area contributed by atoms with Crippen LogP contribution < -0.4 is 0 Å². The molecule has 3 unspecified atom stereocenters. The molecule has 0 heterocycles. The van der Waals surface area contributed by atoms with Gasteiger partial charge in [-0.15, -0.1) is 0 Å². The fourth-order valence-corrected chi connectivity index (χ4v) is 2.86. The van der Waals surface area contributed by atoms with E-state index in [2.05, 4.69) is 114 Å². The van der Waals surface area contributed by atoms with Gasteiger partial charge in [0, 0.05) is 0 Å². The first-order valence-electron chi connectivity index (χ1n) is 10.7. The first kappa shape index (κ1) is 26.9. The smallest absolute Gasteiger partial charge is 0.213 e. The fourth-order valence-electron chi connectivity index (χ4n) is 2.86. The summed E-state index contributed by atoms with van der Waals surface area (Å²) in [5.41, 5.74) is 4.41. The third-order valence-electron chi connectivity index (χ3n) is 5.61. The Kier molecular flexibility index (Phi) is 15.2. The predicted molar refractivity (Wildman–Crippen MR) is 122 cm³/mol. The maximum atomic E-state index is 2.26. The summed E-state index contributed by atoms with van der Waals surface area (Å²) < 4.78 is 0. The average Bonchev–Trinajstić information content (AvgIpc) is 3.48. The second-order valence-corrected chi connectivity index (χ2v) is 7.58. The van der Waals surface area contributed by atoms with Crippen molar-refractivity contribution in [1.29, 1.82) is 0 Å². The van der Waals surface area contributed by atoms with Crippen LogP contribution in [0.15, 0.2) is 72.8 Å². The SMILES string of the molecule is CCC(C)[c-]1cccc1.CCC(C)[c-]1cccc1.CCC(C)[c-]1cccc1.[Sc+3]. The Balaban J connectivity index is 0.000000384. The van der Waals surface area contributed by atoms with Crippen LogP contribution >= 0.6 is 0 Å². The van der Waals surface area contributed by atoms with Gasteiger partial charge in [0.25, 0.3) is 0 Å². The molecule has 0 aliphatic carbocycles. The molecule has 0 saturated carbocycles. The van der Waals surface area contributed by atoms with E-state index in [1.165, 1.54) is 36.0 Å². The van der Waals surface area contributed by atoms with E-state index in [0.717, 1.165) is 17.8 Å². The van der Waals surface area contributed by atoms with Gasteiger partial charge < -0.3 is 0 Å². The Morgan fingerprint density at radius 3 is 0.786 bits per heavy atom. The van der Waals surface area contributed by atoms with Gasteiger partial charge in [-0.25, -0.2) is 36.4 Å². The Labute approximate surface area is 193 Å². The molecule has 0 spiro atoms. The summed E-state index contributed by atoms with van der Waals surface area (Å²) in [4.78, 5) is 0. The maximum absolute atomic E-state index is 2.26. The van der Waals surface area contributed by atoms with E-state index in [9.17, 15) is 0 Å². The van der Waals surface area contributed by atoms with Gasteiger partial charge >= 0.3 is 25.8 Å². The van der Waals surface area contributed by atoms with E-state index in [0.29, 0.717) is 0 Å². The summed E-state index contributed by atoms with van der Waals surface area (Å²) >= 11 is 0. The monoisotopic (exact) mass is 408 g/mol. The molecule has 1 heteroatoms. The second kappa shape index (κ2) is 15.8. The average molecular weight is 409 g/mol. The summed E-state index contributed by atoms with van der Waals surface area (Å²) in [6.45, 7) is 13.4. The molecule has 28 heavy (non-hydrogen) atoms. The summed E-state index contributed by atoms with van der Waals surface area (Å²) in [5, 5.41) is 0. The molecular formula is C27H39Sc. The minimum Gasteiger partial charge on any atom is -0.213 e. The first-order chi connectivity index (χ1) is 13.0. The second-order valence-electron chi connectivity index (χ2n) is 7.58. The van der Waals surface area contributed by atoms with Crippen LogP contribution in [-0.2, 0) is 25.8 Å². The Bertz CT molecular complexity index is 548. The zero-order chi connectivity index (χ0) is 20.1. The fraction of sp³-hybridized carbons (Fsp3) is 0.444. The van der Waals surface area contributed by atoms with Crippen LogP contribution in [0.1, 0.15) is 95.2 Å².